The van der Waals surface area contributed by atoms with Crippen molar-refractivity contribution in [3.05, 3.63) is 87.1 Å². The standard InChI is InChI=1S/C22H29N2.C10H12O.NO3.Ru/c1-15-6-16(2)21(17(3)7-15)23-4-5-24(14-23)22-11-18-8-19(12-22)10-20(9-18)13-22;1-8(2)11-10-7-5-4-6-9(10)3;2-1(3)4;/h6-7,11,18-20H,4-5,8-10,12-13H2,1-3H3;3-8H,1-2H3;;/q-1;;-1;+1/t18?,19-,20+,22?;;;. The molecule has 4 atom stereocenters. The predicted molar refractivity (Wildman–Crippen MR) is 156 cm³/mol. The van der Waals surface area contributed by atoms with Gasteiger partial charge in [0.05, 0.1) is 5.09 Å². The summed E-state index contributed by atoms with van der Waals surface area (Å²) in [5.41, 5.74) is 6.97. The van der Waals surface area contributed by atoms with Crippen LogP contribution < -0.4 is 9.64 Å². The first kappa shape index (κ1) is 30.6. The van der Waals surface area contributed by atoms with Crippen LogP contribution in [-0.4, -0.2) is 39.3 Å². The van der Waals surface area contributed by atoms with Crippen LogP contribution >= 0.6 is 0 Å². The maximum Gasteiger partial charge on any atom is 0.175 e. The van der Waals surface area contributed by atoms with Crippen LogP contribution in [0.4, 0.5) is 5.69 Å². The van der Waals surface area contributed by atoms with Crippen molar-refractivity contribution in [3.63, 3.8) is 0 Å². The molecule has 0 aromatic heterocycles. The second-order valence-corrected chi connectivity index (χ2v) is 12.6. The molecule has 7 nitrogen and oxygen atoms in total. The van der Waals surface area contributed by atoms with E-state index in [1.165, 1.54) is 54.5 Å². The Balaban J connectivity index is 0.000000195. The van der Waals surface area contributed by atoms with Gasteiger partial charge in [-0.3, -0.25) is 4.90 Å². The number of aryl methyl sites for hydroxylation is 3. The van der Waals surface area contributed by atoms with Crippen molar-refractivity contribution in [3.8, 4) is 5.75 Å². The van der Waals surface area contributed by atoms with Crippen molar-refractivity contribution in [2.24, 2.45) is 17.8 Å². The maximum atomic E-state index is 8.25. The first-order valence-electron chi connectivity index (χ1n) is 14.2. The van der Waals surface area contributed by atoms with Crippen molar-refractivity contribution in [2.75, 3.05) is 18.0 Å². The molecule has 7 rings (SSSR count). The average Bonchev–Trinajstić information content (AvgIpc) is 3.33. The number of rotatable bonds is 5. The molecule has 4 saturated carbocycles. The summed E-state index contributed by atoms with van der Waals surface area (Å²) in [5.74, 6) is 3.79. The first-order chi connectivity index (χ1) is 19.0. The Morgan fingerprint density at radius 1 is 1.07 bits per heavy atom. The fraction of sp³-hybridized carbons (Fsp3) is 0.531. The maximum absolute atomic E-state index is 8.25. The molecule has 0 amide bonds. The number of hydrogen-bond donors (Lipinski definition) is 0. The third-order valence-corrected chi connectivity index (χ3v) is 8.93. The van der Waals surface area contributed by atoms with Crippen molar-refractivity contribution < 1.29 is 27.7 Å². The summed E-state index contributed by atoms with van der Waals surface area (Å²) in [6.07, 6.45) is 10.2. The number of ether oxygens (including phenoxy) is 1. The summed E-state index contributed by atoms with van der Waals surface area (Å²) in [5, 5.41) is 14.8. The fourth-order valence-electron chi connectivity index (χ4n) is 7.51. The molecular weight excluding hydrogens is 591 g/mol. The molecular formula is C32H41N3O4Ru-. The van der Waals surface area contributed by atoms with Crippen LogP contribution in [0.2, 0.25) is 0 Å². The van der Waals surface area contributed by atoms with E-state index in [-0.39, 0.29) is 6.10 Å². The summed E-state index contributed by atoms with van der Waals surface area (Å²) >= 11 is 2.49. The van der Waals surface area contributed by atoms with Crippen LogP contribution in [-0.2, 0) is 17.9 Å². The van der Waals surface area contributed by atoms with E-state index in [1.807, 2.05) is 42.7 Å². The first-order valence-corrected chi connectivity index (χ1v) is 15.2. The molecule has 1 aliphatic heterocycles. The van der Waals surface area contributed by atoms with Gasteiger partial charge in [0.15, 0.2) is 6.67 Å². The van der Waals surface area contributed by atoms with Gasteiger partial charge in [-0.05, 0) is 50.2 Å². The van der Waals surface area contributed by atoms with Crippen LogP contribution in [0.5, 0.6) is 5.75 Å². The summed E-state index contributed by atoms with van der Waals surface area (Å²) in [4.78, 5) is 13.2. The molecule has 2 unspecified atom stereocenters. The Morgan fingerprint density at radius 3 is 2.23 bits per heavy atom. The van der Waals surface area contributed by atoms with Crippen LogP contribution in [0.1, 0.15) is 68.2 Å². The Kier molecular flexibility index (Phi) is 10.1. The molecule has 2 radical (unpaired) electrons. The largest absolute Gasteiger partial charge is 0.356 e. The molecule has 2 aromatic rings. The number of anilines is 1. The monoisotopic (exact) mass is 633 g/mol. The molecule has 5 aliphatic rings. The molecule has 1 saturated heterocycles. The topological polar surface area (TPSA) is 81.9 Å². The van der Waals surface area contributed by atoms with E-state index in [0.717, 1.165) is 42.2 Å². The van der Waals surface area contributed by atoms with Crippen LogP contribution in [0.15, 0.2) is 36.4 Å². The summed E-state index contributed by atoms with van der Waals surface area (Å²) in [6.45, 7) is 16.8. The summed E-state index contributed by atoms with van der Waals surface area (Å²) in [7, 11) is 0. The van der Waals surface area contributed by atoms with Crippen LogP contribution in [0.3, 0.4) is 0 Å². The van der Waals surface area contributed by atoms with Gasteiger partial charge in [0, 0.05) is 18.8 Å². The smallest absolute Gasteiger partial charge is 0.175 e. The molecule has 5 fully saturated rings. The van der Waals surface area contributed by atoms with Gasteiger partial charge in [0.1, 0.15) is 0 Å². The molecule has 4 aliphatic carbocycles. The zero-order valence-electron chi connectivity index (χ0n) is 24.2. The van der Waals surface area contributed by atoms with Crippen molar-refractivity contribution in [2.45, 2.75) is 78.4 Å². The van der Waals surface area contributed by atoms with Gasteiger partial charge in [-0.2, -0.15) is 5.92 Å². The van der Waals surface area contributed by atoms with Gasteiger partial charge in [-0.1, -0.05) is 48.9 Å². The molecule has 2 aromatic carbocycles. The number of benzene rings is 2. The Labute approximate surface area is 249 Å². The van der Waals surface area contributed by atoms with Crippen LogP contribution in [0.25, 0.3) is 0 Å². The van der Waals surface area contributed by atoms with E-state index < -0.39 is 5.09 Å². The zero-order valence-corrected chi connectivity index (χ0v) is 25.9. The quantitative estimate of drug-likeness (QED) is 0.163. The third-order valence-electron chi connectivity index (χ3n) is 8.39. The van der Waals surface area contributed by atoms with E-state index in [0.29, 0.717) is 5.54 Å². The van der Waals surface area contributed by atoms with E-state index >= 15 is 0 Å². The van der Waals surface area contributed by atoms with Crippen LogP contribution in [0, 0.1) is 66.9 Å². The minimum Gasteiger partial charge on any atom is -0.356 e. The second kappa shape index (κ2) is 13.1. The zero-order chi connectivity index (χ0) is 29.0. The Morgan fingerprint density at radius 2 is 1.68 bits per heavy atom. The minimum absolute atomic E-state index is 0.234. The van der Waals surface area contributed by atoms with Crippen molar-refractivity contribution in [1.29, 1.82) is 0 Å². The fourth-order valence-corrected chi connectivity index (χ4v) is 7.92. The van der Waals surface area contributed by atoms with E-state index in [1.54, 1.807) is 0 Å². The van der Waals surface area contributed by atoms with Gasteiger partial charge >= 0.3 is 82.7 Å². The minimum atomic E-state index is -1.75. The van der Waals surface area contributed by atoms with E-state index in [2.05, 4.69) is 73.6 Å². The molecule has 0 N–H and O–H groups in total. The molecule has 1 heterocycles. The molecule has 217 valence electrons. The van der Waals surface area contributed by atoms with Gasteiger partial charge in [0.2, 0.25) is 0 Å². The second-order valence-electron chi connectivity index (χ2n) is 12.1. The van der Waals surface area contributed by atoms with Crippen molar-refractivity contribution >= 4 is 10.3 Å². The van der Waals surface area contributed by atoms with Gasteiger partial charge in [0.25, 0.3) is 0 Å². The molecule has 0 spiro atoms. The average molecular weight is 633 g/mol. The number of nitrogens with zero attached hydrogens (tertiary/aromatic N) is 3. The Bertz CT molecular complexity index is 1140. The third kappa shape index (κ3) is 7.30. The normalized spacial score (nSPS) is 26.6. The molecule has 40 heavy (non-hydrogen) atoms. The van der Waals surface area contributed by atoms with Crippen molar-refractivity contribution in [1.82, 2.24) is 4.90 Å². The number of para-hydroxylation sites is 1. The van der Waals surface area contributed by atoms with Gasteiger partial charge in [-0.25, -0.2) is 0 Å². The summed E-state index contributed by atoms with van der Waals surface area (Å²) in [6, 6.07) is 12.6. The summed E-state index contributed by atoms with van der Waals surface area (Å²) < 4.78 is 7.58. The Hall–Kier alpha value is -2.31. The van der Waals surface area contributed by atoms with E-state index in [9.17, 15) is 0 Å². The van der Waals surface area contributed by atoms with Gasteiger partial charge in [-0.15, -0.1) is 0 Å². The predicted octanol–water partition coefficient (Wildman–Crippen LogP) is 6.44. The number of hydrogen-bond acceptors (Lipinski definition) is 6. The molecule has 4 bridgehead atoms. The van der Waals surface area contributed by atoms with E-state index in [4.69, 9.17) is 20.1 Å². The molecule has 8 heteroatoms. The van der Waals surface area contributed by atoms with Gasteiger partial charge < -0.3 is 26.6 Å². The SMILES string of the molecule is CC(C)Oc1ccccc1[CH]=[Ru+].Cc1cc(C)c(N2[C]N(C34[CH-]C5C[C@H](C[C@H](C5)C3)C4)CC2)c(C)c1.O=[N+]([O-])[O-].